The Kier molecular flexibility index (Phi) is 5.56. The average molecular weight is 319 g/mol. The van der Waals surface area contributed by atoms with Crippen LogP contribution in [0.2, 0.25) is 0 Å². The number of benzene rings is 1. The molecule has 1 aliphatic rings. The van der Waals surface area contributed by atoms with Crippen molar-refractivity contribution >= 4 is 29.3 Å². The molecule has 2 rings (SSSR count). The van der Waals surface area contributed by atoms with Gasteiger partial charge in [0, 0.05) is 37.3 Å². The standard InChI is InChI=1S/C16H21N3O4/c1-2-19-13-7-6-12(10-11(13)5-8-14(19)20)18-16(23)17-9-3-4-15(21)22/h6-7,10H,2-5,8-9H2,1H3,(H,21,22)(H2,17,18,23). The van der Waals surface area contributed by atoms with Crippen LogP contribution in [0.3, 0.4) is 0 Å². The summed E-state index contributed by atoms with van der Waals surface area (Å²) in [5.41, 5.74) is 2.59. The number of rotatable bonds is 6. The Labute approximate surface area is 134 Å². The molecule has 1 aliphatic heterocycles. The molecule has 1 aromatic rings. The average Bonchev–Trinajstić information content (AvgIpc) is 2.51. The number of aryl methyl sites for hydroxylation is 1. The molecule has 0 fully saturated rings. The predicted octanol–water partition coefficient (Wildman–Crippen LogP) is 1.97. The first-order valence-corrected chi connectivity index (χ1v) is 7.71. The van der Waals surface area contributed by atoms with Crippen molar-refractivity contribution in [1.29, 1.82) is 0 Å². The van der Waals surface area contributed by atoms with Crippen LogP contribution in [0.5, 0.6) is 0 Å². The molecule has 0 saturated carbocycles. The molecule has 124 valence electrons. The van der Waals surface area contributed by atoms with Crippen LogP contribution in [0.4, 0.5) is 16.2 Å². The predicted molar refractivity (Wildman–Crippen MR) is 86.7 cm³/mol. The van der Waals surface area contributed by atoms with Crippen molar-refractivity contribution < 1.29 is 19.5 Å². The zero-order valence-electron chi connectivity index (χ0n) is 13.1. The number of nitrogens with one attached hydrogen (secondary N) is 2. The molecule has 0 spiro atoms. The normalized spacial score (nSPS) is 13.4. The molecule has 0 saturated heterocycles. The molecule has 0 radical (unpaired) electrons. The number of fused-ring (bicyclic) bond motifs is 1. The van der Waals surface area contributed by atoms with E-state index in [4.69, 9.17) is 5.11 Å². The molecule has 1 heterocycles. The van der Waals surface area contributed by atoms with E-state index in [0.717, 1.165) is 11.3 Å². The molecule has 0 atom stereocenters. The van der Waals surface area contributed by atoms with Gasteiger partial charge in [0.15, 0.2) is 0 Å². The highest BCUT2D eigenvalue weighted by Gasteiger charge is 2.22. The summed E-state index contributed by atoms with van der Waals surface area (Å²) in [7, 11) is 0. The number of aliphatic carboxylic acids is 1. The largest absolute Gasteiger partial charge is 0.481 e. The number of nitrogens with zero attached hydrogens (tertiary/aromatic N) is 1. The Hall–Kier alpha value is -2.57. The van der Waals surface area contributed by atoms with E-state index in [9.17, 15) is 14.4 Å². The topological polar surface area (TPSA) is 98.7 Å². The molecule has 7 heteroatoms. The van der Waals surface area contributed by atoms with Crippen LogP contribution >= 0.6 is 0 Å². The zero-order valence-corrected chi connectivity index (χ0v) is 13.1. The van der Waals surface area contributed by atoms with Crippen molar-refractivity contribution in [2.24, 2.45) is 0 Å². The second-order valence-corrected chi connectivity index (χ2v) is 5.36. The number of carboxylic acid groups (broad SMARTS) is 1. The van der Waals surface area contributed by atoms with Gasteiger partial charge in [0.05, 0.1) is 0 Å². The van der Waals surface area contributed by atoms with Gasteiger partial charge in [0.2, 0.25) is 5.91 Å². The van der Waals surface area contributed by atoms with Crippen molar-refractivity contribution in [3.05, 3.63) is 23.8 Å². The SMILES string of the molecule is CCN1C(=O)CCc2cc(NC(=O)NCCCC(=O)O)ccc21. The van der Waals surface area contributed by atoms with Crippen LogP contribution < -0.4 is 15.5 Å². The lowest BCUT2D eigenvalue weighted by atomic mass is 10.0. The van der Waals surface area contributed by atoms with Crippen LogP contribution in [-0.2, 0) is 16.0 Å². The van der Waals surface area contributed by atoms with Crippen molar-refractivity contribution in [3.63, 3.8) is 0 Å². The highest BCUT2D eigenvalue weighted by molar-refractivity contribution is 5.97. The third-order valence-corrected chi connectivity index (χ3v) is 3.71. The summed E-state index contributed by atoms with van der Waals surface area (Å²) >= 11 is 0. The van der Waals surface area contributed by atoms with Gasteiger partial charge in [-0.2, -0.15) is 0 Å². The molecular formula is C16H21N3O4. The van der Waals surface area contributed by atoms with Gasteiger partial charge in [-0.15, -0.1) is 0 Å². The Morgan fingerprint density at radius 1 is 1.30 bits per heavy atom. The third kappa shape index (κ3) is 4.45. The molecule has 0 aliphatic carbocycles. The van der Waals surface area contributed by atoms with E-state index in [1.165, 1.54) is 0 Å². The summed E-state index contributed by atoms with van der Waals surface area (Å²) in [6.07, 6.45) is 1.56. The van der Waals surface area contributed by atoms with Gasteiger partial charge in [-0.3, -0.25) is 9.59 Å². The number of carbonyl (C=O) groups is 3. The summed E-state index contributed by atoms with van der Waals surface area (Å²) < 4.78 is 0. The second kappa shape index (κ2) is 7.62. The molecule has 0 unspecified atom stereocenters. The summed E-state index contributed by atoms with van der Waals surface area (Å²) in [5.74, 6) is -0.756. The number of amides is 3. The number of carboxylic acids is 1. The van der Waals surface area contributed by atoms with Crippen molar-refractivity contribution in [2.75, 3.05) is 23.3 Å². The van der Waals surface area contributed by atoms with Gasteiger partial charge in [0.25, 0.3) is 0 Å². The maximum absolute atomic E-state index is 11.8. The van der Waals surface area contributed by atoms with Crippen LogP contribution in [0.1, 0.15) is 31.7 Å². The highest BCUT2D eigenvalue weighted by Crippen LogP contribution is 2.30. The highest BCUT2D eigenvalue weighted by atomic mass is 16.4. The minimum absolute atomic E-state index is 0.0278. The van der Waals surface area contributed by atoms with Gasteiger partial charge < -0.3 is 20.6 Å². The lowest BCUT2D eigenvalue weighted by Gasteiger charge is -2.28. The molecule has 1 aromatic carbocycles. The molecule has 3 N–H and O–H groups in total. The van der Waals surface area contributed by atoms with E-state index in [1.807, 2.05) is 19.1 Å². The van der Waals surface area contributed by atoms with Gasteiger partial charge in [-0.05, 0) is 43.5 Å². The lowest BCUT2D eigenvalue weighted by molar-refractivity contribution is -0.137. The number of hydrogen-bond donors (Lipinski definition) is 3. The fourth-order valence-corrected chi connectivity index (χ4v) is 2.60. The smallest absolute Gasteiger partial charge is 0.319 e. The van der Waals surface area contributed by atoms with Crippen LogP contribution in [-0.4, -0.2) is 36.1 Å². The molecule has 7 nitrogen and oxygen atoms in total. The summed E-state index contributed by atoms with van der Waals surface area (Å²) in [6.45, 7) is 2.87. The number of urea groups is 1. The van der Waals surface area contributed by atoms with E-state index in [1.54, 1.807) is 11.0 Å². The Morgan fingerprint density at radius 3 is 2.78 bits per heavy atom. The number of carbonyl (C=O) groups excluding carboxylic acids is 2. The Balaban J connectivity index is 1.93. The number of hydrogen-bond acceptors (Lipinski definition) is 3. The minimum atomic E-state index is -0.878. The second-order valence-electron chi connectivity index (χ2n) is 5.36. The first-order valence-electron chi connectivity index (χ1n) is 7.71. The van der Waals surface area contributed by atoms with E-state index in [0.29, 0.717) is 38.0 Å². The Bertz CT molecular complexity index is 615. The van der Waals surface area contributed by atoms with E-state index in [-0.39, 0.29) is 18.4 Å². The van der Waals surface area contributed by atoms with Crippen molar-refractivity contribution in [2.45, 2.75) is 32.6 Å². The van der Waals surface area contributed by atoms with Gasteiger partial charge >= 0.3 is 12.0 Å². The maximum atomic E-state index is 11.8. The van der Waals surface area contributed by atoms with E-state index >= 15 is 0 Å². The first kappa shape index (κ1) is 16.8. The Morgan fingerprint density at radius 2 is 2.09 bits per heavy atom. The van der Waals surface area contributed by atoms with Crippen molar-refractivity contribution in [1.82, 2.24) is 5.32 Å². The minimum Gasteiger partial charge on any atom is -0.481 e. The maximum Gasteiger partial charge on any atom is 0.319 e. The van der Waals surface area contributed by atoms with Crippen LogP contribution in [0.25, 0.3) is 0 Å². The first-order chi connectivity index (χ1) is 11.0. The fraction of sp³-hybridized carbons (Fsp3) is 0.438. The lowest BCUT2D eigenvalue weighted by Crippen LogP contribution is -2.35. The van der Waals surface area contributed by atoms with Gasteiger partial charge in [-0.1, -0.05) is 0 Å². The fourth-order valence-electron chi connectivity index (χ4n) is 2.60. The molecule has 23 heavy (non-hydrogen) atoms. The van der Waals surface area contributed by atoms with E-state index in [2.05, 4.69) is 10.6 Å². The number of anilines is 2. The van der Waals surface area contributed by atoms with Crippen LogP contribution in [0.15, 0.2) is 18.2 Å². The zero-order chi connectivity index (χ0) is 16.8. The summed E-state index contributed by atoms with van der Waals surface area (Å²) in [5, 5.41) is 13.9. The monoisotopic (exact) mass is 319 g/mol. The summed E-state index contributed by atoms with van der Waals surface area (Å²) in [4.78, 5) is 35.7. The van der Waals surface area contributed by atoms with Gasteiger partial charge in [0.1, 0.15) is 0 Å². The summed E-state index contributed by atoms with van der Waals surface area (Å²) in [6, 6.07) is 5.11. The van der Waals surface area contributed by atoms with E-state index < -0.39 is 5.97 Å². The quantitative estimate of drug-likeness (QED) is 0.698. The molecular weight excluding hydrogens is 298 g/mol. The van der Waals surface area contributed by atoms with Crippen LogP contribution in [0, 0.1) is 0 Å². The third-order valence-electron chi connectivity index (χ3n) is 3.71. The van der Waals surface area contributed by atoms with Crippen molar-refractivity contribution in [3.8, 4) is 0 Å². The van der Waals surface area contributed by atoms with Gasteiger partial charge in [-0.25, -0.2) is 4.79 Å². The molecule has 0 bridgehead atoms. The molecule has 0 aromatic heterocycles. The molecule has 3 amide bonds.